The molecule has 2 aliphatic heterocycles. The van der Waals surface area contributed by atoms with Gasteiger partial charge in [0.25, 0.3) is 5.91 Å². The lowest BCUT2D eigenvalue weighted by molar-refractivity contribution is -0.123. The summed E-state index contributed by atoms with van der Waals surface area (Å²) in [5.74, 6) is -0.161. The number of hydrogen-bond acceptors (Lipinski definition) is 5. The van der Waals surface area contributed by atoms with Crippen molar-refractivity contribution in [2.24, 2.45) is 5.73 Å². The molecule has 180 valence electrons. The van der Waals surface area contributed by atoms with Gasteiger partial charge in [-0.1, -0.05) is 54.6 Å². The number of amides is 2. The van der Waals surface area contributed by atoms with Gasteiger partial charge in [0.15, 0.2) is 0 Å². The Morgan fingerprint density at radius 3 is 2.60 bits per heavy atom. The Morgan fingerprint density at radius 1 is 1.09 bits per heavy atom. The van der Waals surface area contributed by atoms with Crippen molar-refractivity contribution in [1.82, 2.24) is 10.2 Å². The van der Waals surface area contributed by atoms with Crippen LogP contribution >= 0.6 is 0 Å². The Bertz CT molecular complexity index is 1310. The number of piperidine rings is 1. The summed E-state index contributed by atoms with van der Waals surface area (Å²) in [5, 5.41) is 5.36. The molecule has 2 heterocycles. The van der Waals surface area contributed by atoms with E-state index in [1.807, 2.05) is 29.2 Å². The van der Waals surface area contributed by atoms with Crippen molar-refractivity contribution in [3.63, 3.8) is 0 Å². The number of carbonyl (C=O) groups is 2. The van der Waals surface area contributed by atoms with Crippen molar-refractivity contribution in [3.8, 4) is 0 Å². The third-order valence-electron chi connectivity index (χ3n) is 8.04. The number of nitrogens with one attached hydrogen (secondary N) is 1. The second-order valence-corrected chi connectivity index (χ2v) is 9.86. The van der Waals surface area contributed by atoms with Crippen LogP contribution in [-0.2, 0) is 21.5 Å². The lowest BCUT2D eigenvalue weighted by Crippen LogP contribution is -2.57. The van der Waals surface area contributed by atoms with Gasteiger partial charge >= 0.3 is 6.09 Å². The fourth-order valence-electron chi connectivity index (χ4n) is 6.31. The SMILES string of the molecule is COC(=O)NCC1(N)C(=O)N(C2CCN(C3Cc4cccc5cccc3c45)CC2)c2ccccc21. The monoisotopic (exact) mass is 470 g/mol. The van der Waals surface area contributed by atoms with Gasteiger partial charge in [-0.05, 0) is 47.2 Å². The van der Waals surface area contributed by atoms with Gasteiger partial charge in [-0.2, -0.15) is 0 Å². The minimum absolute atomic E-state index is 0.00476. The molecule has 2 atom stereocenters. The van der Waals surface area contributed by atoms with Gasteiger partial charge in [0.2, 0.25) is 0 Å². The zero-order chi connectivity index (χ0) is 24.2. The molecular formula is C28H30N4O3. The van der Waals surface area contributed by atoms with Crippen molar-refractivity contribution in [2.75, 3.05) is 31.6 Å². The molecule has 6 rings (SSSR count). The molecule has 0 aromatic heterocycles. The summed E-state index contributed by atoms with van der Waals surface area (Å²) < 4.78 is 4.69. The van der Waals surface area contributed by atoms with Crippen LogP contribution in [-0.4, -0.2) is 49.7 Å². The zero-order valence-electron chi connectivity index (χ0n) is 19.9. The highest BCUT2D eigenvalue weighted by Gasteiger charge is 2.50. The van der Waals surface area contributed by atoms with Crippen LogP contribution in [0.25, 0.3) is 10.8 Å². The van der Waals surface area contributed by atoms with Crippen molar-refractivity contribution in [3.05, 3.63) is 77.4 Å². The van der Waals surface area contributed by atoms with Crippen LogP contribution in [0.2, 0.25) is 0 Å². The van der Waals surface area contributed by atoms with Crippen LogP contribution in [0.4, 0.5) is 10.5 Å². The summed E-state index contributed by atoms with van der Waals surface area (Å²) >= 11 is 0. The first-order chi connectivity index (χ1) is 17.0. The maximum Gasteiger partial charge on any atom is 0.406 e. The molecule has 3 aliphatic rings. The summed E-state index contributed by atoms with van der Waals surface area (Å²) in [5.41, 5.74) is 9.82. The fraction of sp³-hybridized carbons (Fsp3) is 0.357. The van der Waals surface area contributed by atoms with Gasteiger partial charge in [-0.3, -0.25) is 9.69 Å². The molecule has 3 aromatic carbocycles. The molecule has 1 fully saturated rings. The van der Waals surface area contributed by atoms with Crippen LogP contribution < -0.4 is 16.0 Å². The highest BCUT2D eigenvalue weighted by Crippen LogP contribution is 2.44. The minimum Gasteiger partial charge on any atom is -0.453 e. The second kappa shape index (κ2) is 8.36. The van der Waals surface area contributed by atoms with Gasteiger partial charge in [-0.25, -0.2) is 4.79 Å². The largest absolute Gasteiger partial charge is 0.453 e. The van der Waals surface area contributed by atoms with E-state index < -0.39 is 11.6 Å². The van der Waals surface area contributed by atoms with E-state index in [1.54, 1.807) is 0 Å². The number of ether oxygens (including phenoxy) is 1. The number of likely N-dealkylation sites (tertiary alicyclic amines) is 1. The van der Waals surface area contributed by atoms with Crippen molar-refractivity contribution >= 4 is 28.5 Å². The van der Waals surface area contributed by atoms with E-state index in [0.717, 1.165) is 43.6 Å². The quantitative estimate of drug-likeness (QED) is 0.610. The Morgan fingerprint density at radius 2 is 1.83 bits per heavy atom. The van der Waals surface area contributed by atoms with Crippen LogP contribution in [0.1, 0.15) is 35.6 Å². The predicted octanol–water partition coefficient (Wildman–Crippen LogP) is 3.46. The van der Waals surface area contributed by atoms with Crippen molar-refractivity contribution < 1.29 is 14.3 Å². The maximum atomic E-state index is 13.7. The summed E-state index contributed by atoms with van der Waals surface area (Å²) in [7, 11) is 1.30. The van der Waals surface area contributed by atoms with Crippen molar-refractivity contribution in [1.29, 1.82) is 0 Å². The zero-order valence-corrected chi connectivity index (χ0v) is 19.9. The Hall–Kier alpha value is -3.42. The summed E-state index contributed by atoms with van der Waals surface area (Å²) in [6.07, 6.45) is 2.20. The normalized spacial score (nSPS) is 24.1. The molecule has 35 heavy (non-hydrogen) atoms. The molecule has 0 radical (unpaired) electrons. The highest BCUT2D eigenvalue weighted by atomic mass is 16.5. The van der Waals surface area contributed by atoms with E-state index in [4.69, 9.17) is 5.73 Å². The molecule has 2 unspecified atom stereocenters. The summed E-state index contributed by atoms with van der Waals surface area (Å²) in [4.78, 5) is 29.9. The van der Waals surface area contributed by atoms with E-state index >= 15 is 0 Å². The number of fused-ring (bicyclic) bond motifs is 1. The number of para-hydroxylation sites is 1. The van der Waals surface area contributed by atoms with E-state index in [1.165, 1.54) is 29.0 Å². The van der Waals surface area contributed by atoms with E-state index in [-0.39, 0.29) is 18.5 Å². The Kier molecular flexibility index (Phi) is 5.27. The van der Waals surface area contributed by atoms with Crippen LogP contribution in [0, 0.1) is 0 Å². The number of hydrogen-bond donors (Lipinski definition) is 2. The molecule has 3 aromatic rings. The summed E-state index contributed by atoms with van der Waals surface area (Å²) in [6, 6.07) is 21.4. The van der Waals surface area contributed by atoms with Gasteiger partial charge in [0.05, 0.1) is 13.7 Å². The van der Waals surface area contributed by atoms with E-state index in [2.05, 4.69) is 51.4 Å². The van der Waals surface area contributed by atoms with Crippen LogP contribution in [0.5, 0.6) is 0 Å². The number of alkyl carbamates (subject to hydrolysis) is 1. The molecule has 1 aliphatic carbocycles. The number of rotatable bonds is 4. The van der Waals surface area contributed by atoms with Crippen LogP contribution in [0.15, 0.2) is 60.7 Å². The average Bonchev–Trinajstić information content (AvgIpc) is 3.38. The van der Waals surface area contributed by atoms with Gasteiger partial charge in [0, 0.05) is 36.4 Å². The number of carbonyl (C=O) groups excluding carboxylic acids is 2. The third kappa shape index (κ3) is 3.41. The molecule has 3 N–H and O–H groups in total. The first kappa shape index (κ1) is 22.1. The number of nitrogens with zero attached hydrogens (tertiary/aromatic N) is 2. The molecule has 7 heteroatoms. The topological polar surface area (TPSA) is 87.9 Å². The van der Waals surface area contributed by atoms with Crippen molar-refractivity contribution in [2.45, 2.75) is 36.9 Å². The number of anilines is 1. The van der Waals surface area contributed by atoms with Gasteiger partial charge in [0.1, 0.15) is 5.54 Å². The number of benzene rings is 3. The first-order valence-corrected chi connectivity index (χ1v) is 12.3. The first-order valence-electron chi connectivity index (χ1n) is 12.3. The molecule has 2 amide bonds. The van der Waals surface area contributed by atoms with Crippen LogP contribution in [0.3, 0.4) is 0 Å². The van der Waals surface area contributed by atoms with Gasteiger partial charge in [-0.15, -0.1) is 0 Å². The molecular weight excluding hydrogens is 440 g/mol. The maximum absolute atomic E-state index is 13.7. The molecule has 0 spiro atoms. The van der Waals surface area contributed by atoms with E-state index in [9.17, 15) is 9.59 Å². The smallest absolute Gasteiger partial charge is 0.406 e. The highest BCUT2D eigenvalue weighted by molar-refractivity contribution is 6.08. The average molecular weight is 471 g/mol. The molecule has 0 saturated carbocycles. The molecule has 0 bridgehead atoms. The number of nitrogens with two attached hydrogens (primary N) is 1. The molecule has 7 nitrogen and oxygen atoms in total. The molecule has 1 saturated heterocycles. The Labute approximate surface area is 204 Å². The lowest BCUT2D eigenvalue weighted by atomic mass is 9.92. The fourth-order valence-corrected chi connectivity index (χ4v) is 6.31. The van der Waals surface area contributed by atoms with E-state index in [0.29, 0.717) is 6.04 Å². The lowest BCUT2D eigenvalue weighted by Gasteiger charge is -2.40. The Balaban J connectivity index is 1.21. The van der Waals surface area contributed by atoms with Gasteiger partial charge < -0.3 is 20.7 Å². The third-order valence-corrected chi connectivity index (χ3v) is 8.04. The predicted molar refractivity (Wildman–Crippen MR) is 135 cm³/mol. The second-order valence-electron chi connectivity index (χ2n) is 9.86. The summed E-state index contributed by atoms with van der Waals surface area (Å²) in [6.45, 7) is 1.84. The minimum atomic E-state index is -1.30. The standard InChI is InChI=1S/C28H30N4O3/c1-35-27(34)30-17-28(29)22-10-2-3-11-23(22)32(26(28)33)20-12-14-31(15-13-20)24-16-19-8-4-6-18-7-5-9-21(24)25(18)19/h2-11,20,24H,12-17,29H2,1H3,(H,30,34). The number of methoxy groups -OCH3 is 1.